The van der Waals surface area contributed by atoms with Crippen molar-refractivity contribution in [3.63, 3.8) is 0 Å². The van der Waals surface area contributed by atoms with Gasteiger partial charge in [0.05, 0.1) is 0 Å². The molecule has 6 aromatic rings. The van der Waals surface area contributed by atoms with E-state index in [2.05, 4.69) is 61.8 Å². The van der Waals surface area contributed by atoms with Crippen LogP contribution in [0.5, 0.6) is 11.5 Å². The number of anilines is 8. The SMILES string of the molecule is Oc1ccc(CCNc2nc(NCCCNc3nc(NCCc4ccc(O)cc4)nc(Nc4ccccc4)n3)nc(Nc3ccccc3)n2)cc1. The van der Waals surface area contributed by atoms with E-state index >= 15 is 0 Å². The molecule has 6 rings (SSSR count). The summed E-state index contributed by atoms with van der Waals surface area (Å²) in [6.07, 6.45) is 2.18. The van der Waals surface area contributed by atoms with Gasteiger partial charge in [-0.15, -0.1) is 0 Å². The molecule has 0 saturated carbocycles. The number of aromatic hydroxyl groups is 2. The third kappa shape index (κ3) is 11.2. The van der Waals surface area contributed by atoms with E-state index in [-0.39, 0.29) is 11.5 Å². The Morgan fingerprint density at radius 1 is 0.373 bits per heavy atom. The van der Waals surface area contributed by atoms with Crippen LogP contribution >= 0.6 is 0 Å². The van der Waals surface area contributed by atoms with E-state index in [1.54, 1.807) is 24.3 Å². The smallest absolute Gasteiger partial charge is 0.233 e. The summed E-state index contributed by atoms with van der Waals surface area (Å²) in [4.78, 5) is 27.5. The molecule has 0 aliphatic heterocycles. The highest BCUT2D eigenvalue weighted by atomic mass is 16.3. The van der Waals surface area contributed by atoms with Gasteiger partial charge in [-0.05, 0) is 78.9 Å². The van der Waals surface area contributed by atoms with Crippen molar-refractivity contribution in [3.05, 3.63) is 120 Å². The maximum absolute atomic E-state index is 9.56. The Balaban J connectivity index is 1.05. The lowest BCUT2D eigenvalue weighted by atomic mass is 10.1. The Labute approximate surface area is 295 Å². The standard InChI is InChI=1S/C37H40N12O2/c50-30-16-12-26(13-17-30)20-24-40-34-44-32(46-36(48-34)42-28-8-3-1-4-9-28)38-22-7-23-39-33-45-35(41-25-21-27-14-18-31(51)19-15-27)49-37(47-33)43-29-10-5-2-6-11-29/h1-6,8-19,50-51H,7,20-25H2,(H3,38,40,42,44,46,48)(H3,39,41,43,45,47,49). The first-order valence-electron chi connectivity index (χ1n) is 16.7. The van der Waals surface area contributed by atoms with E-state index in [0.717, 1.165) is 35.3 Å². The third-order valence-corrected chi connectivity index (χ3v) is 7.52. The number of benzene rings is 4. The summed E-state index contributed by atoms with van der Waals surface area (Å²) in [5, 5.41) is 38.8. The lowest BCUT2D eigenvalue weighted by Crippen LogP contribution is -2.16. The first kappa shape index (κ1) is 34.2. The Hall–Kier alpha value is -6.70. The summed E-state index contributed by atoms with van der Waals surface area (Å²) >= 11 is 0. The maximum atomic E-state index is 9.56. The van der Waals surface area contributed by atoms with Crippen LogP contribution in [0, 0.1) is 0 Å². The fourth-order valence-electron chi connectivity index (χ4n) is 4.93. The zero-order chi connectivity index (χ0) is 35.1. The zero-order valence-corrected chi connectivity index (χ0v) is 27.9. The number of hydrogen-bond acceptors (Lipinski definition) is 14. The van der Waals surface area contributed by atoms with Crippen LogP contribution in [0.3, 0.4) is 0 Å². The molecule has 14 heteroatoms. The van der Waals surface area contributed by atoms with Crippen LogP contribution in [0.4, 0.5) is 47.1 Å². The van der Waals surface area contributed by atoms with E-state index in [1.807, 2.05) is 84.9 Å². The second-order valence-corrected chi connectivity index (χ2v) is 11.5. The molecule has 0 saturated heterocycles. The average Bonchev–Trinajstić information content (AvgIpc) is 3.14. The second kappa shape index (κ2) is 17.6. The molecule has 8 N–H and O–H groups in total. The Morgan fingerprint density at radius 2 is 0.706 bits per heavy atom. The molecular weight excluding hydrogens is 644 g/mol. The lowest BCUT2D eigenvalue weighted by Gasteiger charge is -2.13. The highest BCUT2D eigenvalue weighted by molar-refractivity contribution is 5.56. The Bertz CT molecular complexity index is 1810. The predicted molar refractivity (Wildman–Crippen MR) is 201 cm³/mol. The minimum Gasteiger partial charge on any atom is -0.508 e. The van der Waals surface area contributed by atoms with Gasteiger partial charge in [0.15, 0.2) is 0 Å². The summed E-state index contributed by atoms with van der Waals surface area (Å²) in [6.45, 7) is 2.35. The predicted octanol–water partition coefficient (Wildman–Crippen LogP) is 6.18. The number of hydrogen-bond donors (Lipinski definition) is 8. The molecule has 2 aromatic heterocycles. The molecule has 0 radical (unpaired) electrons. The molecule has 14 nitrogen and oxygen atoms in total. The molecule has 0 fully saturated rings. The van der Waals surface area contributed by atoms with Crippen LogP contribution in [0.2, 0.25) is 0 Å². The topological polar surface area (TPSA) is 190 Å². The van der Waals surface area contributed by atoms with Gasteiger partial charge in [0, 0.05) is 37.6 Å². The van der Waals surface area contributed by atoms with Crippen molar-refractivity contribution >= 4 is 47.1 Å². The van der Waals surface area contributed by atoms with Crippen molar-refractivity contribution in [1.29, 1.82) is 0 Å². The highest BCUT2D eigenvalue weighted by Crippen LogP contribution is 2.18. The first-order valence-corrected chi connectivity index (χ1v) is 16.7. The number of para-hydroxylation sites is 2. The maximum Gasteiger partial charge on any atom is 0.233 e. The first-order chi connectivity index (χ1) is 25.0. The number of nitrogens with zero attached hydrogens (tertiary/aromatic N) is 6. The molecule has 0 spiro atoms. The molecule has 260 valence electrons. The summed E-state index contributed by atoms with van der Waals surface area (Å²) < 4.78 is 0. The molecule has 0 unspecified atom stereocenters. The number of aromatic nitrogens is 6. The van der Waals surface area contributed by atoms with Gasteiger partial charge in [0.2, 0.25) is 35.7 Å². The fraction of sp³-hybridized carbons (Fsp3) is 0.189. The van der Waals surface area contributed by atoms with Crippen LogP contribution in [0.15, 0.2) is 109 Å². The fourth-order valence-corrected chi connectivity index (χ4v) is 4.93. The number of phenolic OH excluding ortho intramolecular Hbond substituents is 2. The van der Waals surface area contributed by atoms with Crippen LogP contribution in [0.25, 0.3) is 0 Å². The van der Waals surface area contributed by atoms with Gasteiger partial charge in [0.1, 0.15) is 11.5 Å². The van der Waals surface area contributed by atoms with Crippen LogP contribution in [-0.2, 0) is 12.8 Å². The van der Waals surface area contributed by atoms with Gasteiger partial charge < -0.3 is 42.1 Å². The minimum atomic E-state index is 0.241. The number of nitrogens with one attached hydrogen (secondary N) is 6. The summed E-state index contributed by atoms with van der Waals surface area (Å²) in [6, 6.07) is 33.7. The zero-order valence-electron chi connectivity index (χ0n) is 27.9. The van der Waals surface area contributed by atoms with E-state index in [4.69, 9.17) is 0 Å². The molecule has 4 aromatic carbocycles. The molecule has 0 aliphatic carbocycles. The average molecular weight is 685 g/mol. The monoisotopic (exact) mass is 684 g/mol. The summed E-state index contributed by atoms with van der Waals surface area (Å²) in [5.41, 5.74) is 3.89. The van der Waals surface area contributed by atoms with Crippen molar-refractivity contribution in [3.8, 4) is 11.5 Å². The molecular formula is C37H40N12O2. The largest absolute Gasteiger partial charge is 0.508 e. The number of phenols is 2. The minimum absolute atomic E-state index is 0.241. The molecule has 0 amide bonds. The molecule has 0 bridgehead atoms. The van der Waals surface area contributed by atoms with E-state index in [9.17, 15) is 10.2 Å². The van der Waals surface area contributed by atoms with Crippen LogP contribution in [-0.4, -0.2) is 66.3 Å². The van der Waals surface area contributed by atoms with E-state index in [0.29, 0.717) is 68.3 Å². The van der Waals surface area contributed by atoms with Crippen molar-refractivity contribution < 1.29 is 10.2 Å². The van der Waals surface area contributed by atoms with Gasteiger partial charge in [-0.3, -0.25) is 0 Å². The highest BCUT2D eigenvalue weighted by Gasteiger charge is 2.10. The van der Waals surface area contributed by atoms with Gasteiger partial charge in [-0.2, -0.15) is 29.9 Å². The molecule has 0 atom stereocenters. The van der Waals surface area contributed by atoms with Crippen molar-refractivity contribution in [2.45, 2.75) is 19.3 Å². The van der Waals surface area contributed by atoms with Gasteiger partial charge in [0.25, 0.3) is 0 Å². The molecule has 0 aliphatic rings. The van der Waals surface area contributed by atoms with E-state index in [1.165, 1.54) is 0 Å². The van der Waals surface area contributed by atoms with Crippen LogP contribution < -0.4 is 31.9 Å². The third-order valence-electron chi connectivity index (χ3n) is 7.52. The summed E-state index contributed by atoms with van der Waals surface area (Å²) in [5.74, 6) is 3.06. The summed E-state index contributed by atoms with van der Waals surface area (Å²) in [7, 11) is 0. The number of rotatable bonds is 18. The van der Waals surface area contributed by atoms with Crippen LogP contribution in [0.1, 0.15) is 17.5 Å². The van der Waals surface area contributed by atoms with Gasteiger partial charge in [-0.1, -0.05) is 60.7 Å². The van der Waals surface area contributed by atoms with Crippen molar-refractivity contribution in [2.75, 3.05) is 58.1 Å². The van der Waals surface area contributed by atoms with Crippen molar-refractivity contribution in [2.24, 2.45) is 0 Å². The normalized spacial score (nSPS) is 10.7. The van der Waals surface area contributed by atoms with Gasteiger partial charge >= 0.3 is 0 Å². The molecule has 51 heavy (non-hydrogen) atoms. The molecule has 2 heterocycles. The van der Waals surface area contributed by atoms with Crippen molar-refractivity contribution in [1.82, 2.24) is 29.9 Å². The lowest BCUT2D eigenvalue weighted by molar-refractivity contribution is 0.474. The Morgan fingerprint density at radius 3 is 1.08 bits per heavy atom. The van der Waals surface area contributed by atoms with Gasteiger partial charge in [-0.25, -0.2) is 0 Å². The second-order valence-electron chi connectivity index (χ2n) is 11.5. The quantitative estimate of drug-likeness (QED) is 0.0479. The Kier molecular flexibility index (Phi) is 11.8. The van der Waals surface area contributed by atoms with E-state index < -0.39 is 0 Å².